The number of carbonyl (C=O) groups excluding carboxylic acids is 4. The minimum atomic E-state index is -1.33. The van der Waals surface area contributed by atoms with Gasteiger partial charge in [-0.1, -0.05) is 20.8 Å². The molecule has 2 heterocycles. The lowest BCUT2D eigenvalue weighted by molar-refractivity contribution is -0.375. The van der Waals surface area contributed by atoms with E-state index in [2.05, 4.69) is 0 Å². The summed E-state index contributed by atoms with van der Waals surface area (Å²) in [5.74, 6) is -4.90. The van der Waals surface area contributed by atoms with Crippen LogP contribution in [-0.2, 0) is 38.1 Å². The van der Waals surface area contributed by atoms with E-state index in [9.17, 15) is 24.6 Å². The summed E-state index contributed by atoms with van der Waals surface area (Å²) in [6, 6.07) is 1.74. The number of ether oxygens (including phenoxy) is 4. The molecule has 0 aromatic carbocycles. The lowest BCUT2D eigenvalue weighted by atomic mass is 9.33. The smallest absolute Gasteiger partial charge is 0.303 e. The van der Waals surface area contributed by atoms with E-state index < -0.39 is 93.8 Å². The summed E-state index contributed by atoms with van der Waals surface area (Å²) in [5, 5.41) is 24.2. The van der Waals surface area contributed by atoms with Crippen LogP contribution in [-0.4, -0.2) is 78.1 Å². The van der Waals surface area contributed by atoms with E-state index in [4.69, 9.17) is 23.4 Å². The van der Waals surface area contributed by atoms with Gasteiger partial charge in [-0.05, 0) is 24.0 Å². The maximum atomic E-state index is 15.0. The van der Waals surface area contributed by atoms with Gasteiger partial charge in [0.2, 0.25) is 0 Å². The third-order valence-corrected chi connectivity index (χ3v) is 12.1. The Labute approximate surface area is 244 Å². The fourth-order valence-electron chi connectivity index (χ4n) is 10.6. The van der Waals surface area contributed by atoms with Gasteiger partial charge in [0.1, 0.15) is 11.9 Å². The molecule has 4 aliphatic carbocycles. The number of rotatable bonds is 4. The average Bonchev–Trinajstić information content (AvgIpc) is 3.53. The van der Waals surface area contributed by atoms with Gasteiger partial charge in [-0.15, -0.1) is 0 Å². The number of carbonyl (C=O) groups is 4. The number of hydrogen-bond donors (Lipinski definition) is 2. The second-order valence-electron chi connectivity index (χ2n) is 13.8. The molecule has 0 unspecified atom stereocenters. The first-order valence-electron chi connectivity index (χ1n) is 14.6. The van der Waals surface area contributed by atoms with Gasteiger partial charge in [-0.2, -0.15) is 0 Å². The zero-order valence-corrected chi connectivity index (χ0v) is 24.8. The molecular weight excluding hydrogens is 548 g/mol. The second-order valence-corrected chi connectivity index (χ2v) is 13.8. The van der Waals surface area contributed by atoms with Crippen molar-refractivity contribution >= 4 is 23.5 Å². The molecular formula is C31H40O11. The molecule has 1 aliphatic heterocycles. The number of esters is 2. The van der Waals surface area contributed by atoms with Crippen molar-refractivity contribution in [3.8, 4) is 0 Å². The Morgan fingerprint density at radius 2 is 1.64 bits per heavy atom. The molecule has 13 atom stereocenters. The number of hydrogen-bond acceptors (Lipinski definition) is 11. The number of ketones is 2. The molecule has 4 saturated carbocycles. The molecule has 1 aromatic heterocycles. The van der Waals surface area contributed by atoms with Crippen molar-refractivity contribution < 1.29 is 52.8 Å². The number of Topliss-reactive ketones (excluding diaryl/α,β-unsaturated/α-hetero) is 2. The third-order valence-electron chi connectivity index (χ3n) is 12.1. The Bertz CT molecular complexity index is 1310. The zero-order chi connectivity index (χ0) is 30.6. The highest BCUT2D eigenvalue weighted by molar-refractivity contribution is 5.97. The van der Waals surface area contributed by atoms with Crippen LogP contribution in [0.15, 0.2) is 23.0 Å². The van der Waals surface area contributed by atoms with Crippen LogP contribution in [0.1, 0.15) is 65.4 Å². The van der Waals surface area contributed by atoms with E-state index in [1.54, 1.807) is 19.9 Å². The van der Waals surface area contributed by atoms with Crippen molar-refractivity contribution in [3.63, 3.8) is 0 Å². The van der Waals surface area contributed by atoms with Crippen molar-refractivity contribution in [2.24, 2.45) is 39.4 Å². The van der Waals surface area contributed by atoms with Gasteiger partial charge in [0, 0.05) is 67.8 Å². The standard InChI is InChI=1S/C31H40O11/c1-14(32)41-22-11-21(36)31-13-40-27(38-6)29(22,4)19(31)10-20(35)30(5)24-18(34)9-17(16-7-8-39-12-16)28(24,3)26(42-15(2)33)23(37)25(30)31/h7-8,12,17,19-22,24-27,35-36H,9-11,13H2,1-6H3/t17-,19+,20-,21+,22-,24+,25+,26+,27-,28-,29+,30+,31-/m1/s1. The Kier molecular flexibility index (Phi) is 6.63. The molecule has 0 radical (unpaired) electrons. The van der Waals surface area contributed by atoms with Crippen LogP contribution in [0.3, 0.4) is 0 Å². The first-order valence-corrected chi connectivity index (χ1v) is 14.6. The van der Waals surface area contributed by atoms with Crippen LogP contribution in [0.2, 0.25) is 0 Å². The van der Waals surface area contributed by atoms with E-state index in [1.165, 1.54) is 33.5 Å². The predicted molar refractivity (Wildman–Crippen MR) is 142 cm³/mol. The van der Waals surface area contributed by atoms with Gasteiger partial charge in [0.25, 0.3) is 0 Å². The first kappa shape index (κ1) is 29.5. The molecule has 6 rings (SSSR count). The fourth-order valence-corrected chi connectivity index (χ4v) is 10.6. The molecule has 1 saturated heterocycles. The molecule has 42 heavy (non-hydrogen) atoms. The highest BCUT2D eigenvalue weighted by Gasteiger charge is 2.82. The second kappa shape index (κ2) is 9.45. The Hall–Kier alpha value is -2.60. The summed E-state index contributed by atoms with van der Waals surface area (Å²) < 4.78 is 28.9. The van der Waals surface area contributed by atoms with Gasteiger partial charge in [0.05, 0.1) is 36.8 Å². The molecule has 0 amide bonds. The number of fused-ring (bicyclic) bond motifs is 3. The van der Waals surface area contributed by atoms with E-state index in [0.29, 0.717) is 5.56 Å². The fraction of sp³-hybridized carbons (Fsp3) is 0.742. The molecule has 2 N–H and O–H groups in total. The van der Waals surface area contributed by atoms with Crippen molar-refractivity contribution in [1.29, 1.82) is 0 Å². The van der Waals surface area contributed by atoms with E-state index in [-0.39, 0.29) is 31.7 Å². The van der Waals surface area contributed by atoms with Crippen LogP contribution in [0.4, 0.5) is 0 Å². The summed E-state index contributed by atoms with van der Waals surface area (Å²) in [5.41, 5.74) is -4.13. The molecule has 2 bridgehead atoms. The molecule has 230 valence electrons. The first-order chi connectivity index (χ1) is 19.7. The van der Waals surface area contributed by atoms with Gasteiger partial charge in [0.15, 0.2) is 18.2 Å². The Morgan fingerprint density at radius 1 is 0.952 bits per heavy atom. The van der Waals surface area contributed by atoms with Crippen molar-refractivity contribution in [2.75, 3.05) is 13.7 Å². The average molecular weight is 589 g/mol. The maximum Gasteiger partial charge on any atom is 0.303 e. The minimum absolute atomic E-state index is 0.0114. The van der Waals surface area contributed by atoms with Crippen LogP contribution in [0.5, 0.6) is 0 Å². The molecule has 5 fully saturated rings. The van der Waals surface area contributed by atoms with Crippen molar-refractivity contribution in [2.45, 2.75) is 90.5 Å². The lowest BCUT2D eigenvalue weighted by Gasteiger charge is -2.73. The van der Waals surface area contributed by atoms with Gasteiger partial charge in [-0.25, -0.2) is 0 Å². The van der Waals surface area contributed by atoms with Gasteiger partial charge >= 0.3 is 11.9 Å². The Balaban J connectivity index is 1.57. The largest absolute Gasteiger partial charge is 0.472 e. The normalized spacial score (nSPS) is 49.5. The third kappa shape index (κ3) is 3.42. The highest BCUT2D eigenvalue weighted by Crippen LogP contribution is 2.75. The van der Waals surface area contributed by atoms with Crippen LogP contribution in [0, 0.1) is 39.4 Å². The van der Waals surface area contributed by atoms with E-state index >= 15 is 4.79 Å². The highest BCUT2D eigenvalue weighted by atomic mass is 16.7. The molecule has 1 aromatic rings. The lowest BCUT2D eigenvalue weighted by Crippen LogP contribution is -2.80. The predicted octanol–water partition coefficient (Wildman–Crippen LogP) is 2.17. The van der Waals surface area contributed by atoms with Crippen LogP contribution >= 0.6 is 0 Å². The van der Waals surface area contributed by atoms with E-state index in [1.807, 2.05) is 6.92 Å². The molecule has 11 heteroatoms. The number of aliphatic hydroxyl groups excluding tert-OH is 2. The number of aliphatic hydroxyl groups is 2. The van der Waals surface area contributed by atoms with E-state index in [0.717, 1.165) is 0 Å². The molecule has 11 nitrogen and oxygen atoms in total. The number of methoxy groups -OCH3 is 1. The minimum Gasteiger partial charge on any atom is -0.472 e. The number of furan rings is 1. The summed E-state index contributed by atoms with van der Waals surface area (Å²) in [7, 11) is 1.48. The topological polar surface area (TPSA) is 159 Å². The molecule has 5 aliphatic rings. The summed E-state index contributed by atoms with van der Waals surface area (Å²) in [4.78, 5) is 53.9. The Morgan fingerprint density at radius 3 is 2.24 bits per heavy atom. The van der Waals surface area contributed by atoms with Gasteiger partial charge in [-0.3, -0.25) is 19.2 Å². The zero-order valence-electron chi connectivity index (χ0n) is 24.8. The van der Waals surface area contributed by atoms with Gasteiger partial charge < -0.3 is 33.6 Å². The van der Waals surface area contributed by atoms with Crippen LogP contribution < -0.4 is 0 Å². The molecule has 0 spiro atoms. The van der Waals surface area contributed by atoms with Crippen molar-refractivity contribution in [1.82, 2.24) is 0 Å². The summed E-state index contributed by atoms with van der Waals surface area (Å²) in [6.07, 6.45) is -2.11. The summed E-state index contributed by atoms with van der Waals surface area (Å²) >= 11 is 0. The quantitative estimate of drug-likeness (QED) is 0.497. The van der Waals surface area contributed by atoms with Crippen molar-refractivity contribution in [3.05, 3.63) is 24.2 Å². The maximum absolute atomic E-state index is 15.0. The monoisotopic (exact) mass is 588 g/mol. The van der Waals surface area contributed by atoms with Crippen LogP contribution in [0.25, 0.3) is 0 Å². The SMILES string of the molecule is CO[C@@H]1OC[C@]23[C@@H](O)C[C@@H](OC(C)=O)[C@]1(C)[C@@H]2C[C@@H](O)[C@@]1(C)[C@H]2C(=O)C[C@H](c4ccoc4)[C@@]2(C)[C@@H](OC(C)=O)C(=O)[C@@H]13. The summed E-state index contributed by atoms with van der Waals surface area (Å²) in [6.45, 7) is 7.81.